The van der Waals surface area contributed by atoms with Crippen LogP contribution in [0.15, 0.2) is 46.9 Å². The Kier molecular flexibility index (Phi) is 5.93. The van der Waals surface area contributed by atoms with Crippen LogP contribution in [0.1, 0.15) is 21.5 Å². The number of ether oxygens (including phenoxy) is 2. The van der Waals surface area contributed by atoms with Crippen molar-refractivity contribution < 1.29 is 19.1 Å². The van der Waals surface area contributed by atoms with Crippen LogP contribution in [0.5, 0.6) is 5.75 Å². The normalized spacial score (nSPS) is 10.2. The van der Waals surface area contributed by atoms with Gasteiger partial charge in [-0.1, -0.05) is 34.1 Å². The van der Waals surface area contributed by atoms with Gasteiger partial charge in [-0.2, -0.15) is 0 Å². The zero-order valence-corrected chi connectivity index (χ0v) is 14.6. The molecule has 0 aromatic heterocycles. The Labute approximate surface area is 143 Å². The van der Waals surface area contributed by atoms with Crippen molar-refractivity contribution in [2.45, 2.75) is 13.8 Å². The number of benzene rings is 2. The number of hydrogen-bond acceptors (Lipinski definition) is 4. The Morgan fingerprint density at radius 1 is 1.00 bits per heavy atom. The fourth-order valence-electron chi connectivity index (χ4n) is 2.09. The number of carbonyl (C=O) groups is 2. The van der Waals surface area contributed by atoms with E-state index in [4.69, 9.17) is 9.47 Å². The minimum atomic E-state index is -0.576. The lowest BCUT2D eigenvalue weighted by atomic mass is 10.1. The van der Waals surface area contributed by atoms with Crippen LogP contribution in [0.25, 0.3) is 0 Å². The van der Waals surface area contributed by atoms with Crippen LogP contribution in [0.3, 0.4) is 0 Å². The summed E-state index contributed by atoms with van der Waals surface area (Å²) in [4.78, 5) is 23.6. The second kappa shape index (κ2) is 7.92. The van der Waals surface area contributed by atoms with Crippen molar-refractivity contribution in [2.75, 3.05) is 13.2 Å². The smallest absolute Gasteiger partial charge is 0.344 e. The predicted molar refractivity (Wildman–Crippen MR) is 90.8 cm³/mol. The van der Waals surface area contributed by atoms with Gasteiger partial charge in [-0.05, 0) is 49.2 Å². The standard InChI is InChI=1S/C18H17BrO4/c1-12-6-13(2)8-16(7-12)22-11-18(21)23-10-17(20)14-4-3-5-15(19)9-14/h3-9H,10-11H2,1-2H3. The monoisotopic (exact) mass is 376 g/mol. The second-order valence-corrected chi connectivity index (χ2v) is 6.12. The van der Waals surface area contributed by atoms with E-state index in [1.54, 1.807) is 18.2 Å². The summed E-state index contributed by atoms with van der Waals surface area (Å²) in [5.74, 6) is -0.226. The van der Waals surface area contributed by atoms with Gasteiger partial charge in [0.15, 0.2) is 19.0 Å². The summed E-state index contributed by atoms with van der Waals surface area (Å²) < 4.78 is 11.1. The molecular weight excluding hydrogens is 360 g/mol. The fraction of sp³-hybridized carbons (Fsp3) is 0.222. The summed E-state index contributed by atoms with van der Waals surface area (Å²) in [6, 6.07) is 12.6. The third-order valence-corrected chi connectivity index (χ3v) is 3.56. The van der Waals surface area contributed by atoms with E-state index in [1.165, 1.54) is 0 Å². The lowest BCUT2D eigenvalue weighted by Gasteiger charge is -2.08. The van der Waals surface area contributed by atoms with Crippen LogP contribution < -0.4 is 4.74 Å². The van der Waals surface area contributed by atoms with Crippen molar-refractivity contribution in [1.29, 1.82) is 0 Å². The molecule has 0 N–H and O–H groups in total. The topological polar surface area (TPSA) is 52.6 Å². The molecule has 0 saturated heterocycles. The van der Waals surface area contributed by atoms with Crippen LogP contribution in [0.4, 0.5) is 0 Å². The number of esters is 1. The van der Waals surface area contributed by atoms with Gasteiger partial charge in [-0.25, -0.2) is 4.79 Å². The quantitative estimate of drug-likeness (QED) is 0.567. The van der Waals surface area contributed by atoms with Crippen LogP contribution in [-0.4, -0.2) is 25.0 Å². The molecule has 0 heterocycles. The Balaban J connectivity index is 1.82. The van der Waals surface area contributed by atoms with E-state index in [0.29, 0.717) is 11.3 Å². The molecule has 0 aliphatic rings. The first kappa shape index (κ1) is 17.2. The summed E-state index contributed by atoms with van der Waals surface area (Å²) in [7, 11) is 0. The Bertz CT molecular complexity index is 704. The maximum absolute atomic E-state index is 11.9. The van der Waals surface area contributed by atoms with Crippen LogP contribution in [0, 0.1) is 13.8 Å². The molecule has 0 bridgehead atoms. The maximum Gasteiger partial charge on any atom is 0.344 e. The number of Topliss-reactive ketones (excluding diaryl/α,β-unsaturated/α-hetero) is 1. The molecule has 0 saturated carbocycles. The lowest BCUT2D eigenvalue weighted by molar-refractivity contribution is -0.144. The van der Waals surface area contributed by atoms with Crippen LogP contribution in [0.2, 0.25) is 0 Å². The lowest BCUT2D eigenvalue weighted by Crippen LogP contribution is -2.19. The van der Waals surface area contributed by atoms with E-state index < -0.39 is 5.97 Å². The van der Waals surface area contributed by atoms with Gasteiger partial charge in [-0.3, -0.25) is 4.79 Å². The summed E-state index contributed by atoms with van der Waals surface area (Å²) in [5.41, 5.74) is 2.60. The van der Waals surface area contributed by atoms with E-state index in [9.17, 15) is 9.59 Å². The number of carbonyl (C=O) groups excluding carboxylic acids is 2. The highest BCUT2D eigenvalue weighted by Crippen LogP contribution is 2.16. The number of ketones is 1. The first-order valence-corrected chi connectivity index (χ1v) is 7.89. The van der Waals surface area contributed by atoms with Crippen molar-refractivity contribution in [1.82, 2.24) is 0 Å². The third-order valence-electron chi connectivity index (χ3n) is 3.06. The van der Waals surface area contributed by atoms with Gasteiger partial charge in [0.1, 0.15) is 5.75 Å². The molecule has 120 valence electrons. The zero-order valence-electron chi connectivity index (χ0n) is 13.0. The number of hydrogen-bond donors (Lipinski definition) is 0. The zero-order chi connectivity index (χ0) is 16.8. The SMILES string of the molecule is Cc1cc(C)cc(OCC(=O)OCC(=O)c2cccc(Br)c2)c1. The molecule has 0 aliphatic heterocycles. The minimum Gasteiger partial charge on any atom is -0.482 e. The predicted octanol–water partition coefficient (Wildman–Crippen LogP) is 3.87. The molecular formula is C18H17BrO4. The first-order valence-electron chi connectivity index (χ1n) is 7.09. The Morgan fingerprint density at radius 2 is 1.70 bits per heavy atom. The molecule has 0 spiro atoms. The molecule has 2 aromatic carbocycles. The van der Waals surface area contributed by atoms with E-state index in [2.05, 4.69) is 15.9 Å². The molecule has 23 heavy (non-hydrogen) atoms. The first-order chi connectivity index (χ1) is 10.9. The number of rotatable bonds is 6. The minimum absolute atomic E-state index is 0.228. The van der Waals surface area contributed by atoms with Crippen molar-refractivity contribution >= 4 is 27.7 Å². The molecule has 5 heteroatoms. The largest absolute Gasteiger partial charge is 0.482 e. The van der Waals surface area contributed by atoms with Crippen molar-refractivity contribution in [3.63, 3.8) is 0 Å². The van der Waals surface area contributed by atoms with E-state index in [1.807, 2.05) is 38.1 Å². The van der Waals surface area contributed by atoms with E-state index in [0.717, 1.165) is 15.6 Å². The second-order valence-electron chi connectivity index (χ2n) is 5.21. The molecule has 4 nitrogen and oxygen atoms in total. The van der Waals surface area contributed by atoms with Gasteiger partial charge >= 0.3 is 5.97 Å². The molecule has 2 aromatic rings. The van der Waals surface area contributed by atoms with Crippen molar-refractivity contribution in [3.05, 3.63) is 63.6 Å². The fourth-order valence-corrected chi connectivity index (χ4v) is 2.49. The summed E-state index contributed by atoms with van der Waals surface area (Å²) in [6.07, 6.45) is 0. The van der Waals surface area contributed by atoms with E-state index in [-0.39, 0.29) is 19.0 Å². The van der Waals surface area contributed by atoms with Crippen LogP contribution in [-0.2, 0) is 9.53 Å². The van der Waals surface area contributed by atoms with E-state index >= 15 is 0 Å². The highest BCUT2D eigenvalue weighted by atomic mass is 79.9. The van der Waals surface area contributed by atoms with Gasteiger partial charge in [0, 0.05) is 10.0 Å². The van der Waals surface area contributed by atoms with Crippen molar-refractivity contribution in [3.8, 4) is 5.75 Å². The van der Waals surface area contributed by atoms with Crippen LogP contribution >= 0.6 is 15.9 Å². The molecule has 0 unspecified atom stereocenters. The Hall–Kier alpha value is -2.14. The number of aryl methyl sites for hydroxylation is 2. The molecule has 0 amide bonds. The van der Waals surface area contributed by atoms with Gasteiger partial charge in [0.25, 0.3) is 0 Å². The Morgan fingerprint density at radius 3 is 2.35 bits per heavy atom. The molecule has 0 atom stereocenters. The third kappa shape index (κ3) is 5.53. The molecule has 2 rings (SSSR count). The highest BCUT2D eigenvalue weighted by Gasteiger charge is 2.11. The summed E-state index contributed by atoms with van der Waals surface area (Å²) in [6.45, 7) is 3.38. The molecule has 0 fully saturated rings. The molecule has 0 aliphatic carbocycles. The summed E-state index contributed by atoms with van der Waals surface area (Å²) >= 11 is 3.29. The van der Waals surface area contributed by atoms with Gasteiger partial charge in [-0.15, -0.1) is 0 Å². The van der Waals surface area contributed by atoms with Gasteiger partial charge in [0.05, 0.1) is 0 Å². The summed E-state index contributed by atoms with van der Waals surface area (Å²) in [5, 5.41) is 0. The number of halogens is 1. The molecule has 0 radical (unpaired) electrons. The average Bonchev–Trinajstić information content (AvgIpc) is 2.49. The van der Waals surface area contributed by atoms with Gasteiger partial charge < -0.3 is 9.47 Å². The van der Waals surface area contributed by atoms with Crippen molar-refractivity contribution in [2.24, 2.45) is 0 Å². The van der Waals surface area contributed by atoms with Gasteiger partial charge in [0.2, 0.25) is 0 Å². The maximum atomic E-state index is 11.9. The highest BCUT2D eigenvalue weighted by molar-refractivity contribution is 9.10. The average molecular weight is 377 g/mol.